The molecular formula is C13H27NO3S. The molecule has 1 rings (SSSR count). The van der Waals surface area contributed by atoms with E-state index in [0.717, 1.165) is 5.57 Å². The maximum Gasteiger partial charge on any atom is 0.0982 e. The second-order valence-corrected chi connectivity index (χ2v) is 6.90. The van der Waals surface area contributed by atoms with Crippen LogP contribution in [0.4, 0.5) is 0 Å². The quantitative estimate of drug-likeness (QED) is 0.451. The zero-order chi connectivity index (χ0) is 14.2. The molecule has 0 N–H and O–H groups in total. The van der Waals surface area contributed by atoms with Gasteiger partial charge < -0.3 is 9.04 Å². The summed E-state index contributed by atoms with van der Waals surface area (Å²) in [4.78, 5) is 0. The van der Waals surface area contributed by atoms with Crippen molar-refractivity contribution in [2.24, 2.45) is 0 Å². The molecule has 0 amide bonds. The van der Waals surface area contributed by atoms with Crippen molar-refractivity contribution < 1.29 is 17.5 Å². The molecule has 5 heteroatoms. The van der Waals surface area contributed by atoms with Gasteiger partial charge in [0.05, 0.1) is 42.6 Å². The molecule has 1 aliphatic heterocycles. The highest BCUT2D eigenvalue weighted by molar-refractivity contribution is 7.85. The van der Waals surface area contributed by atoms with Crippen molar-refractivity contribution in [3.05, 3.63) is 11.6 Å². The topological polar surface area (TPSA) is 57.2 Å². The van der Waals surface area contributed by atoms with Crippen LogP contribution in [-0.2, 0) is 10.1 Å². The highest BCUT2D eigenvalue weighted by Crippen LogP contribution is 2.14. The summed E-state index contributed by atoms with van der Waals surface area (Å²) in [6.45, 7) is 9.93. The van der Waals surface area contributed by atoms with Gasteiger partial charge in [-0.1, -0.05) is 11.6 Å². The van der Waals surface area contributed by atoms with E-state index in [1.807, 2.05) is 0 Å². The van der Waals surface area contributed by atoms with Crippen molar-refractivity contribution in [2.45, 2.75) is 40.0 Å². The molecule has 1 saturated heterocycles. The lowest BCUT2D eigenvalue weighted by molar-refractivity contribution is -0.912. The molecule has 0 spiro atoms. The Labute approximate surface area is 112 Å². The van der Waals surface area contributed by atoms with Crippen LogP contribution < -0.4 is 0 Å². The molecule has 0 aliphatic carbocycles. The van der Waals surface area contributed by atoms with Crippen molar-refractivity contribution in [1.82, 2.24) is 0 Å². The van der Waals surface area contributed by atoms with Gasteiger partial charge >= 0.3 is 0 Å². The maximum atomic E-state index is 9.94. The molecular weight excluding hydrogens is 250 g/mol. The Morgan fingerprint density at radius 2 is 1.72 bits per heavy atom. The third kappa shape index (κ3) is 9.62. The van der Waals surface area contributed by atoms with E-state index < -0.39 is 15.9 Å². The average molecular weight is 277 g/mol. The van der Waals surface area contributed by atoms with Crippen molar-refractivity contribution in [2.75, 3.05) is 32.4 Å². The lowest BCUT2D eigenvalue weighted by Crippen LogP contribution is -2.47. The minimum atomic E-state index is -4.05. The second kappa shape index (κ2) is 7.92. The van der Waals surface area contributed by atoms with Gasteiger partial charge in [-0.05, 0) is 40.0 Å². The number of hydrogen-bond acceptors (Lipinski definition) is 3. The number of likely N-dealkylation sites (tertiary alicyclic amines) is 1. The Morgan fingerprint density at radius 1 is 1.22 bits per heavy atom. The number of allylic oxidation sites excluding steroid dienone is 1. The SMILES string of the molecule is CC(C)=CCS(=O)(=O)[O-].CC[N+]1(C)CCCCC1. The zero-order valence-electron chi connectivity index (χ0n) is 12.1. The fourth-order valence-corrected chi connectivity index (χ4v) is 2.40. The van der Waals surface area contributed by atoms with Crippen LogP contribution >= 0.6 is 0 Å². The molecule has 108 valence electrons. The van der Waals surface area contributed by atoms with Crippen LogP contribution in [0.1, 0.15) is 40.0 Å². The summed E-state index contributed by atoms with van der Waals surface area (Å²) in [5.74, 6) is -0.394. The molecule has 0 aromatic heterocycles. The van der Waals surface area contributed by atoms with E-state index >= 15 is 0 Å². The lowest BCUT2D eigenvalue weighted by Gasteiger charge is -2.36. The van der Waals surface area contributed by atoms with E-state index in [9.17, 15) is 13.0 Å². The summed E-state index contributed by atoms with van der Waals surface area (Å²) in [6, 6.07) is 0. The highest BCUT2D eigenvalue weighted by atomic mass is 32.2. The van der Waals surface area contributed by atoms with Gasteiger partial charge in [-0.2, -0.15) is 0 Å². The number of piperidine rings is 1. The Hall–Kier alpha value is -0.390. The van der Waals surface area contributed by atoms with Crippen molar-refractivity contribution >= 4 is 10.1 Å². The second-order valence-electron chi connectivity index (χ2n) is 5.45. The maximum absolute atomic E-state index is 9.94. The minimum absolute atomic E-state index is 0.394. The summed E-state index contributed by atoms with van der Waals surface area (Å²) >= 11 is 0. The third-order valence-electron chi connectivity index (χ3n) is 3.36. The minimum Gasteiger partial charge on any atom is -0.748 e. The molecule has 18 heavy (non-hydrogen) atoms. The molecule has 0 saturated carbocycles. The first-order valence-electron chi connectivity index (χ1n) is 6.59. The van der Waals surface area contributed by atoms with Crippen LogP contribution in [0.2, 0.25) is 0 Å². The fraction of sp³-hybridized carbons (Fsp3) is 0.846. The fourth-order valence-electron chi connectivity index (χ4n) is 1.86. The predicted octanol–water partition coefficient (Wildman–Crippen LogP) is 2.13. The number of quaternary nitrogens is 1. The van der Waals surface area contributed by atoms with Gasteiger partial charge in [-0.3, -0.25) is 0 Å². The van der Waals surface area contributed by atoms with Crippen LogP contribution in [0.25, 0.3) is 0 Å². The van der Waals surface area contributed by atoms with Gasteiger partial charge in [-0.25, -0.2) is 8.42 Å². The molecule has 4 nitrogen and oxygen atoms in total. The Kier molecular flexibility index (Phi) is 7.75. The molecule has 1 heterocycles. The summed E-state index contributed by atoms with van der Waals surface area (Å²) in [6.07, 6.45) is 5.75. The molecule has 0 atom stereocenters. The molecule has 0 radical (unpaired) electrons. The van der Waals surface area contributed by atoms with Crippen LogP contribution in [0.5, 0.6) is 0 Å². The van der Waals surface area contributed by atoms with Crippen LogP contribution in [-0.4, -0.2) is 49.9 Å². The van der Waals surface area contributed by atoms with Crippen LogP contribution in [0, 0.1) is 0 Å². The van der Waals surface area contributed by atoms with Crippen molar-refractivity contribution in [3.63, 3.8) is 0 Å². The normalized spacial score (nSPS) is 18.5. The highest BCUT2D eigenvalue weighted by Gasteiger charge is 2.21. The Balaban J connectivity index is 0.000000321. The van der Waals surface area contributed by atoms with Crippen LogP contribution in [0.3, 0.4) is 0 Å². The van der Waals surface area contributed by atoms with Gasteiger partial charge in [0.25, 0.3) is 0 Å². The van der Waals surface area contributed by atoms with E-state index in [2.05, 4.69) is 14.0 Å². The Bertz CT molecular complexity index is 350. The van der Waals surface area contributed by atoms with Gasteiger partial charge in [0.2, 0.25) is 0 Å². The molecule has 0 aromatic rings. The molecule has 1 aliphatic rings. The molecule has 0 unspecified atom stereocenters. The van der Waals surface area contributed by atoms with Gasteiger partial charge in [0, 0.05) is 0 Å². The number of hydrogen-bond donors (Lipinski definition) is 0. The van der Waals surface area contributed by atoms with E-state index in [-0.39, 0.29) is 0 Å². The first-order chi connectivity index (χ1) is 8.18. The summed E-state index contributed by atoms with van der Waals surface area (Å²) in [5, 5.41) is 0. The van der Waals surface area contributed by atoms with Crippen LogP contribution in [0.15, 0.2) is 11.6 Å². The molecule has 0 aromatic carbocycles. The number of nitrogens with zero attached hydrogens (tertiary/aromatic N) is 1. The van der Waals surface area contributed by atoms with E-state index in [1.165, 1.54) is 49.5 Å². The molecule has 0 bridgehead atoms. The van der Waals surface area contributed by atoms with Crippen molar-refractivity contribution in [1.29, 1.82) is 0 Å². The third-order valence-corrected chi connectivity index (χ3v) is 3.93. The van der Waals surface area contributed by atoms with Gasteiger partial charge in [0.15, 0.2) is 0 Å². The zero-order valence-corrected chi connectivity index (χ0v) is 12.9. The van der Waals surface area contributed by atoms with E-state index in [0.29, 0.717) is 0 Å². The monoisotopic (exact) mass is 277 g/mol. The first-order valence-corrected chi connectivity index (χ1v) is 8.17. The largest absolute Gasteiger partial charge is 0.748 e. The smallest absolute Gasteiger partial charge is 0.0982 e. The molecule has 1 fully saturated rings. The Morgan fingerprint density at radius 3 is 1.94 bits per heavy atom. The van der Waals surface area contributed by atoms with Gasteiger partial charge in [0.1, 0.15) is 0 Å². The number of rotatable bonds is 3. The van der Waals surface area contributed by atoms with Gasteiger partial charge in [-0.15, -0.1) is 0 Å². The summed E-state index contributed by atoms with van der Waals surface area (Å²) in [7, 11) is -1.67. The predicted molar refractivity (Wildman–Crippen MR) is 74.3 cm³/mol. The standard InChI is InChI=1S/C8H18N.C5H10O3S/c1-3-9(2)7-5-4-6-8-9;1-5(2)3-4-9(6,7)8/h3-8H2,1-2H3;3H,4H2,1-2H3,(H,6,7,8)/q+1;/p-1. The van der Waals surface area contributed by atoms with E-state index in [4.69, 9.17) is 0 Å². The summed E-state index contributed by atoms with van der Waals surface area (Å²) < 4.78 is 31.1. The van der Waals surface area contributed by atoms with Crippen molar-refractivity contribution in [3.8, 4) is 0 Å². The van der Waals surface area contributed by atoms with E-state index in [1.54, 1.807) is 13.8 Å². The lowest BCUT2D eigenvalue weighted by atomic mass is 10.1. The first kappa shape index (κ1) is 17.6. The average Bonchev–Trinajstić information content (AvgIpc) is 2.28. The summed E-state index contributed by atoms with van der Waals surface area (Å²) in [5.41, 5.74) is 0.842.